The maximum Gasteiger partial charge on any atom is 0.348 e. The minimum atomic E-state index is -1.22. The van der Waals surface area contributed by atoms with Gasteiger partial charge < -0.3 is 9.47 Å². The van der Waals surface area contributed by atoms with Crippen LogP contribution in [0.25, 0.3) is 6.08 Å². The number of piperidine rings is 1. The van der Waals surface area contributed by atoms with Crippen molar-refractivity contribution in [3.05, 3.63) is 40.0 Å². The Kier molecular flexibility index (Phi) is 5.43. The molecule has 0 N–H and O–H groups in total. The van der Waals surface area contributed by atoms with Gasteiger partial charge in [-0.15, -0.1) is 0 Å². The zero-order valence-corrected chi connectivity index (χ0v) is 16.9. The molecule has 1 unspecified atom stereocenters. The molecule has 1 aromatic carbocycles. The zero-order chi connectivity index (χ0) is 19.8. The fourth-order valence-corrected chi connectivity index (χ4v) is 3.88. The van der Waals surface area contributed by atoms with Crippen molar-refractivity contribution in [1.29, 1.82) is 0 Å². The van der Waals surface area contributed by atoms with Gasteiger partial charge in [-0.25, -0.2) is 9.59 Å². The van der Waals surface area contributed by atoms with Crippen LogP contribution < -0.4 is 0 Å². The van der Waals surface area contributed by atoms with E-state index in [9.17, 15) is 9.59 Å². The monoisotopic (exact) mass is 371 g/mol. The van der Waals surface area contributed by atoms with Crippen molar-refractivity contribution in [2.75, 3.05) is 13.1 Å². The van der Waals surface area contributed by atoms with Gasteiger partial charge in [-0.1, -0.05) is 24.6 Å². The Bertz CT molecular complexity index is 772. The number of benzene rings is 1. The van der Waals surface area contributed by atoms with E-state index in [0.717, 1.165) is 42.2 Å². The number of carbonyl (C=O) groups excluding carboxylic acids is 2. The molecule has 146 valence electrons. The smallest absolute Gasteiger partial charge is 0.348 e. The third-order valence-electron chi connectivity index (χ3n) is 5.25. The molecule has 5 heteroatoms. The molecule has 5 nitrogen and oxygen atoms in total. The predicted octanol–water partition coefficient (Wildman–Crippen LogP) is 3.75. The van der Waals surface area contributed by atoms with E-state index < -0.39 is 17.7 Å². The van der Waals surface area contributed by atoms with Gasteiger partial charge in [0.25, 0.3) is 5.79 Å². The molecule has 27 heavy (non-hydrogen) atoms. The number of nitrogens with zero attached hydrogens (tertiary/aromatic N) is 1. The van der Waals surface area contributed by atoms with E-state index in [2.05, 4.69) is 17.9 Å². The molecule has 0 saturated carbocycles. The molecule has 1 aromatic rings. The predicted molar refractivity (Wildman–Crippen MR) is 104 cm³/mol. The molecule has 2 aliphatic heterocycles. The van der Waals surface area contributed by atoms with Gasteiger partial charge in [0.1, 0.15) is 5.57 Å². The van der Waals surface area contributed by atoms with Crippen LogP contribution in [0.2, 0.25) is 0 Å². The average molecular weight is 371 g/mol. The van der Waals surface area contributed by atoms with E-state index in [4.69, 9.17) is 9.47 Å². The van der Waals surface area contributed by atoms with E-state index in [1.165, 1.54) is 18.4 Å². The highest BCUT2D eigenvalue weighted by Crippen LogP contribution is 2.27. The highest BCUT2D eigenvalue weighted by atomic mass is 16.7. The first-order valence-corrected chi connectivity index (χ1v) is 9.65. The van der Waals surface area contributed by atoms with Crippen LogP contribution in [0.4, 0.5) is 0 Å². The Morgan fingerprint density at radius 3 is 2.48 bits per heavy atom. The fourth-order valence-electron chi connectivity index (χ4n) is 3.88. The first-order valence-electron chi connectivity index (χ1n) is 9.65. The number of hydrogen-bond acceptors (Lipinski definition) is 5. The van der Waals surface area contributed by atoms with Crippen molar-refractivity contribution in [3.8, 4) is 0 Å². The molecule has 0 aliphatic carbocycles. The topological polar surface area (TPSA) is 55.8 Å². The van der Waals surface area contributed by atoms with E-state index in [0.29, 0.717) is 0 Å². The molecule has 0 spiro atoms. The lowest BCUT2D eigenvalue weighted by atomic mass is 9.95. The first-order chi connectivity index (χ1) is 12.6. The number of cyclic esters (lactones) is 2. The van der Waals surface area contributed by atoms with E-state index in [-0.39, 0.29) is 5.57 Å². The van der Waals surface area contributed by atoms with Crippen molar-refractivity contribution in [2.24, 2.45) is 5.92 Å². The fraction of sp³-hybridized carbons (Fsp3) is 0.545. The molecular weight excluding hydrogens is 342 g/mol. The molecule has 2 heterocycles. The van der Waals surface area contributed by atoms with Crippen LogP contribution in [0.3, 0.4) is 0 Å². The summed E-state index contributed by atoms with van der Waals surface area (Å²) < 4.78 is 10.4. The Morgan fingerprint density at radius 1 is 1.19 bits per heavy atom. The molecule has 2 aliphatic rings. The second-order valence-corrected chi connectivity index (χ2v) is 8.36. The second-order valence-electron chi connectivity index (χ2n) is 8.36. The maximum atomic E-state index is 12.3. The number of esters is 2. The molecule has 0 bridgehead atoms. The van der Waals surface area contributed by atoms with Gasteiger partial charge >= 0.3 is 11.9 Å². The summed E-state index contributed by atoms with van der Waals surface area (Å²) in [4.78, 5) is 27.0. The molecule has 1 atom stereocenters. The maximum absolute atomic E-state index is 12.3. The second kappa shape index (κ2) is 7.47. The quantitative estimate of drug-likeness (QED) is 0.460. The Labute approximate surface area is 161 Å². The lowest BCUT2D eigenvalue weighted by Crippen LogP contribution is -2.41. The van der Waals surface area contributed by atoms with E-state index in [1.54, 1.807) is 19.9 Å². The van der Waals surface area contributed by atoms with Gasteiger partial charge in [0.15, 0.2) is 0 Å². The van der Waals surface area contributed by atoms with Crippen LogP contribution in [-0.2, 0) is 25.6 Å². The van der Waals surface area contributed by atoms with Gasteiger partial charge in [-0.05, 0) is 61.9 Å². The van der Waals surface area contributed by atoms with Gasteiger partial charge in [0, 0.05) is 26.9 Å². The van der Waals surface area contributed by atoms with Crippen LogP contribution in [-0.4, -0.2) is 35.7 Å². The number of ether oxygens (including phenoxy) is 2. The summed E-state index contributed by atoms with van der Waals surface area (Å²) in [5.74, 6) is -1.77. The molecule has 2 saturated heterocycles. The van der Waals surface area contributed by atoms with Gasteiger partial charge in [0.2, 0.25) is 0 Å². The normalized spacial score (nSPS) is 23.0. The summed E-state index contributed by atoms with van der Waals surface area (Å²) in [7, 11) is 0. The highest BCUT2D eigenvalue weighted by Gasteiger charge is 2.39. The number of aryl methyl sites for hydroxylation is 1. The number of carbonyl (C=O) groups is 2. The summed E-state index contributed by atoms with van der Waals surface area (Å²) in [5.41, 5.74) is 4.22. The first kappa shape index (κ1) is 19.6. The van der Waals surface area contributed by atoms with Crippen LogP contribution in [0.15, 0.2) is 17.7 Å². The minimum absolute atomic E-state index is 0.0550. The number of rotatable bonds is 3. The number of hydrogen-bond donors (Lipinski definition) is 0. The summed E-state index contributed by atoms with van der Waals surface area (Å²) in [6.45, 7) is 12.6. The largest absolute Gasteiger partial charge is 0.419 e. The van der Waals surface area contributed by atoms with Crippen molar-refractivity contribution in [2.45, 2.75) is 59.8 Å². The summed E-state index contributed by atoms with van der Waals surface area (Å²) in [6, 6.07) is 4.18. The molecular formula is C22H29NO4. The third kappa shape index (κ3) is 4.59. The van der Waals surface area contributed by atoms with E-state index in [1.807, 2.05) is 19.9 Å². The lowest BCUT2D eigenvalue weighted by molar-refractivity contribution is -0.222. The Morgan fingerprint density at radius 2 is 1.85 bits per heavy atom. The van der Waals surface area contributed by atoms with Crippen LogP contribution in [0, 0.1) is 19.8 Å². The van der Waals surface area contributed by atoms with Crippen LogP contribution >= 0.6 is 0 Å². The molecule has 0 radical (unpaired) electrons. The zero-order valence-electron chi connectivity index (χ0n) is 16.9. The average Bonchev–Trinajstić information content (AvgIpc) is 2.54. The SMILES string of the molecule is Cc1cc(C=C2C(=O)OC(C)(C)OC2=O)c(C)c(CN2CCCC(C)C2)c1. The Hall–Kier alpha value is -2.14. The molecule has 2 fully saturated rings. The molecule has 0 amide bonds. The molecule has 3 rings (SSSR count). The molecule has 0 aromatic heterocycles. The van der Waals surface area contributed by atoms with Crippen LogP contribution in [0.1, 0.15) is 55.9 Å². The summed E-state index contributed by atoms with van der Waals surface area (Å²) in [6.07, 6.45) is 4.13. The van der Waals surface area contributed by atoms with Crippen LogP contribution in [0.5, 0.6) is 0 Å². The Balaban J connectivity index is 1.89. The summed E-state index contributed by atoms with van der Waals surface area (Å²) >= 11 is 0. The minimum Gasteiger partial charge on any atom is -0.419 e. The van der Waals surface area contributed by atoms with Crippen molar-refractivity contribution in [3.63, 3.8) is 0 Å². The van der Waals surface area contributed by atoms with Crippen molar-refractivity contribution in [1.82, 2.24) is 4.90 Å². The van der Waals surface area contributed by atoms with Gasteiger partial charge in [-0.3, -0.25) is 4.90 Å². The van der Waals surface area contributed by atoms with Crippen molar-refractivity contribution < 1.29 is 19.1 Å². The van der Waals surface area contributed by atoms with Gasteiger partial charge in [0.05, 0.1) is 0 Å². The standard InChI is InChI=1S/C22H29NO4/c1-14-7-6-8-23(12-14)13-18-10-15(2)9-17(16(18)3)11-19-20(24)26-22(4,5)27-21(19)25/h9-11,14H,6-8,12-13H2,1-5H3. The van der Waals surface area contributed by atoms with Gasteiger partial charge in [-0.2, -0.15) is 0 Å². The summed E-state index contributed by atoms with van der Waals surface area (Å²) in [5, 5.41) is 0. The number of likely N-dealkylation sites (tertiary alicyclic amines) is 1. The highest BCUT2D eigenvalue weighted by molar-refractivity contribution is 6.19. The van der Waals surface area contributed by atoms with E-state index >= 15 is 0 Å². The lowest BCUT2D eigenvalue weighted by Gasteiger charge is -2.31. The van der Waals surface area contributed by atoms with Crippen molar-refractivity contribution >= 4 is 18.0 Å². The third-order valence-corrected chi connectivity index (χ3v) is 5.25.